The molecule has 1 saturated heterocycles. The Balaban J connectivity index is 1.53. The molecule has 1 aromatic carbocycles. The Morgan fingerprint density at radius 2 is 1.82 bits per heavy atom. The van der Waals surface area contributed by atoms with Crippen molar-refractivity contribution in [3.8, 4) is 33.8 Å². The summed E-state index contributed by atoms with van der Waals surface area (Å²) >= 11 is 0. The van der Waals surface area contributed by atoms with Crippen LogP contribution in [0.15, 0.2) is 59.4 Å². The maximum Gasteiger partial charge on any atom is 0.230 e. The van der Waals surface area contributed by atoms with Crippen molar-refractivity contribution in [3.63, 3.8) is 0 Å². The summed E-state index contributed by atoms with van der Waals surface area (Å²) in [6, 6.07) is 12.1. The molecule has 5 heterocycles. The number of fused-ring (bicyclic) bond motifs is 1. The van der Waals surface area contributed by atoms with Gasteiger partial charge in [-0.2, -0.15) is 5.10 Å². The minimum atomic E-state index is -0.813. The summed E-state index contributed by atoms with van der Waals surface area (Å²) in [5.41, 5.74) is 6.05. The van der Waals surface area contributed by atoms with Gasteiger partial charge in [0.25, 0.3) is 0 Å². The molecule has 0 aliphatic carbocycles. The molecule has 0 amide bonds. The van der Waals surface area contributed by atoms with Gasteiger partial charge in [0.05, 0.1) is 17.1 Å². The summed E-state index contributed by atoms with van der Waals surface area (Å²) < 4.78 is 33.2. The van der Waals surface area contributed by atoms with Crippen molar-refractivity contribution in [2.45, 2.75) is 19.9 Å². The molecule has 0 spiro atoms. The van der Waals surface area contributed by atoms with Crippen LogP contribution in [0.1, 0.15) is 17.4 Å². The molecule has 0 unspecified atom stereocenters. The molecule has 9 heteroatoms. The Labute approximate surface area is 197 Å². The Kier molecular flexibility index (Phi) is 4.88. The molecule has 1 aliphatic rings. The van der Waals surface area contributed by atoms with Crippen LogP contribution in [0.5, 0.6) is 0 Å². The van der Waals surface area contributed by atoms with Crippen LogP contribution in [-0.2, 0) is 10.8 Å². The lowest BCUT2D eigenvalue weighted by Gasteiger charge is -2.24. The standard InChI is InChI=1S/C25H20FN5O2S/c1-14-3-8-19(15(2)29-14)22-9-20-24(27-13-28-25(20)33-22)21-10-31(18-11-34(32)12-18)30-23(21)16-4-6-17(26)7-5-16/h3-10,13,18H,11-12H2,1-2H3. The van der Waals surface area contributed by atoms with Crippen molar-refractivity contribution in [2.24, 2.45) is 0 Å². The zero-order valence-corrected chi connectivity index (χ0v) is 19.3. The van der Waals surface area contributed by atoms with Gasteiger partial charge in [0.15, 0.2) is 0 Å². The van der Waals surface area contributed by atoms with E-state index in [1.165, 1.54) is 18.5 Å². The Morgan fingerprint density at radius 1 is 1.03 bits per heavy atom. The molecular formula is C25H20FN5O2S. The van der Waals surface area contributed by atoms with Gasteiger partial charge in [-0.15, -0.1) is 0 Å². The zero-order valence-electron chi connectivity index (χ0n) is 18.5. The quantitative estimate of drug-likeness (QED) is 0.370. The predicted molar refractivity (Wildman–Crippen MR) is 128 cm³/mol. The third-order valence-corrected chi connectivity index (χ3v) is 7.57. The number of furan rings is 1. The van der Waals surface area contributed by atoms with Crippen molar-refractivity contribution < 1.29 is 13.0 Å². The van der Waals surface area contributed by atoms with Crippen molar-refractivity contribution in [1.29, 1.82) is 0 Å². The van der Waals surface area contributed by atoms with E-state index in [4.69, 9.17) is 9.52 Å². The van der Waals surface area contributed by atoms with Crippen molar-refractivity contribution in [3.05, 3.63) is 72.2 Å². The second-order valence-corrected chi connectivity index (χ2v) is 9.99. The number of nitrogens with zero attached hydrogens (tertiary/aromatic N) is 5. The molecule has 7 nitrogen and oxygen atoms in total. The molecule has 0 atom stereocenters. The van der Waals surface area contributed by atoms with E-state index >= 15 is 0 Å². The molecule has 5 aromatic rings. The molecule has 0 N–H and O–H groups in total. The summed E-state index contributed by atoms with van der Waals surface area (Å²) in [7, 11) is -0.813. The molecule has 1 fully saturated rings. The van der Waals surface area contributed by atoms with E-state index in [9.17, 15) is 8.60 Å². The fraction of sp³-hybridized carbons (Fsp3) is 0.200. The van der Waals surface area contributed by atoms with Gasteiger partial charge >= 0.3 is 0 Å². The van der Waals surface area contributed by atoms with Crippen LogP contribution in [0, 0.1) is 19.7 Å². The van der Waals surface area contributed by atoms with E-state index in [0.29, 0.717) is 34.4 Å². The van der Waals surface area contributed by atoms with Gasteiger partial charge in [-0.05, 0) is 56.3 Å². The van der Waals surface area contributed by atoms with Gasteiger partial charge in [0.2, 0.25) is 5.71 Å². The number of hydrogen-bond acceptors (Lipinski definition) is 6. The van der Waals surface area contributed by atoms with Crippen LogP contribution in [0.2, 0.25) is 0 Å². The fourth-order valence-corrected chi connectivity index (χ4v) is 5.32. The largest absolute Gasteiger partial charge is 0.438 e. The zero-order chi connectivity index (χ0) is 23.4. The summed E-state index contributed by atoms with van der Waals surface area (Å²) in [6.45, 7) is 3.90. The van der Waals surface area contributed by atoms with Crippen molar-refractivity contribution >= 4 is 21.9 Å². The number of benzene rings is 1. The number of hydrogen-bond donors (Lipinski definition) is 0. The minimum Gasteiger partial charge on any atom is -0.438 e. The second kappa shape index (κ2) is 7.95. The topological polar surface area (TPSA) is 86.7 Å². The van der Waals surface area contributed by atoms with Crippen molar-refractivity contribution in [2.75, 3.05) is 11.5 Å². The highest BCUT2D eigenvalue weighted by molar-refractivity contribution is 7.86. The maximum absolute atomic E-state index is 13.6. The maximum atomic E-state index is 13.6. The van der Waals surface area contributed by atoms with Crippen molar-refractivity contribution in [1.82, 2.24) is 24.7 Å². The number of pyridine rings is 1. The first kappa shape index (κ1) is 20.9. The van der Waals surface area contributed by atoms with Crippen LogP contribution >= 0.6 is 0 Å². The SMILES string of the molecule is Cc1ccc(-c2cc3c(-c4cn(C5CS(=O)C5)nc4-c4ccc(F)cc4)ncnc3o2)c(C)n1. The lowest BCUT2D eigenvalue weighted by atomic mass is 10.0. The van der Waals surface area contributed by atoms with Crippen LogP contribution < -0.4 is 0 Å². The van der Waals surface area contributed by atoms with E-state index in [1.807, 2.05) is 42.9 Å². The van der Waals surface area contributed by atoms with E-state index in [2.05, 4.69) is 15.0 Å². The monoisotopic (exact) mass is 473 g/mol. The Bertz CT molecular complexity index is 1570. The average Bonchev–Trinajstić information content (AvgIpc) is 3.42. The van der Waals surface area contributed by atoms with Crippen LogP contribution in [-0.4, -0.2) is 40.4 Å². The number of halogens is 1. The van der Waals surface area contributed by atoms with Gasteiger partial charge in [0, 0.05) is 56.6 Å². The van der Waals surface area contributed by atoms with Crippen LogP contribution in [0.3, 0.4) is 0 Å². The first-order valence-electron chi connectivity index (χ1n) is 10.9. The van der Waals surface area contributed by atoms with E-state index < -0.39 is 10.8 Å². The third-order valence-electron chi connectivity index (χ3n) is 6.06. The summed E-state index contributed by atoms with van der Waals surface area (Å²) in [5.74, 6) is 1.48. The number of rotatable bonds is 4. The summed E-state index contributed by atoms with van der Waals surface area (Å²) in [4.78, 5) is 13.5. The van der Waals surface area contributed by atoms with E-state index in [-0.39, 0.29) is 11.9 Å². The lowest BCUT2D eigenvalue weighted by molar-refractivity contribution is 0.507. The van der Waals surface area contributed by atoms with E-state index in [0.717, 1.165) is 33.5 Å². The Morgan fingerprint density at radius 3 is 2.56 bits per heavy atom. The van der Waals surface area contributed by atoms with E-state index in [1.54, 1.807) is 12.1 Å². The van der Waals surface area contributed by atoms with Gasteiger partial charge in [-0.3, -0.25) is 13.9 Å². The smallest absolute Gasteiger partial charge is 0.230 e. The highest BCUT2D eigenvalue weighted by Crippen LogP contribution is 2.38. The lowest BCUT2D eigenvalue weighted by Crippen LogP contribution is -2.33. The third kappa shape index (κ3) is 3.52. The minimum absolute atomic E-state index is 0.0623. The Hall–Kier alpha value is -3.72. The van der Waals surface area contributed by atoms with Gasteiger partial charge < -0.3 is 4.42 Å². The van der Waals surface area contributed by atoms with Gasteiger partial charge in [-0.1, -0.05) is 0 Å². The molecule has 0 radical (unpaired) electrons. The number of aromatic nitrogens is 5. The van der Waals surface area contributed by atoms with Crippen LogP contribution in [0.4, 0.5) is 4.39 Å². The molecule has 1 aliphatic heterocycles. The normalized spacial score (nSPS) is 17.7. The first-order valence-corrected chi connectivity index (χ1v) is 12.3. The van der Waals surface area contributed by atoms with Gasteiger partial charge in [-0.25, -0.2) is 14.4 Å². The van der Waals surface area contributed by atoms with Gasteiger partial charge in [0.1, 0.15) is 23.6 Å². The summed E-state index contributed by atoms with van der Waals surface area (Å²) in [6.07, 6.45) is 3.39. The highest BCUT2D eigenvalue weighted by atomic mass is 32.2. The highest BCUT2D eigenvalue weighted by Gasteiger charge is 2.30. The molecule has 34 heavy (non-hydrogen) atoms. The molecular weight excluding hydrogens is 453 g/mol. The molecule has 0 saturated carbocycles. The fourth-order valence-electron chi connectivity index (χ4n) is 4.26. The predicted octanol–water partition coefficient (Wildman–Crippen LogP) is 4.87. The number of aryl methyl sites for hydroxylation is 2. The first-order chi connectivity index (χ1) is 16.5. The molecule has 170 valence electrons. The van der Waals surface area contributed by atoms with Crippen LogP contribution in [0.25, 0.3) is 44.9 Å². The second-order valence-electron chi connectivity index (χ2n) is 8.44. The summed E-state index contributed by atoms with van der Waals surface area (Å²) in [5, 5.41) is 5.55. The molecule has 4 aromatic heterocycles. The molecule has 0 bridgehead atoms. The molecule has 6 rings (SSSR count). The average molecular weight is 474 g/mol.